The van der Waals surface area contributed by atoms with Crippen LogP contribution < -0.4 is 5.32 Å². The van der Waals surface area contributed by atoms with Crippen molar-refractivity contribution < 1.29 is 19.4 Å². The first kappa shape index (κ1) is 14.3. The Bertz CT molecular complexity index is 721. The summed E-state index contributed by atoms with van der Waals surface area (Å²) in [6.07, 6.45) is 0. The van der Waals surface area contributed by atoms with Crippen LogP contribution in [0.25, 0.3) is 0 Å². The maximum atomic E-state index is 12.8. The summed E-state index contributed by atoms with van der Waals surface area (Å²) < 4.78 is 12.8. The van der Waals surface area contributed by atoms with Gasteiger partial charge in [0, 0.05) is 12.6 Å². The number of phenolic OH excluding ortho intramolecular Hbond substituents is 2. The van der Waals surface area contributed by atoms with Crippen molar-refractivity contribution >= 4 is 5.91 Å². The predicted octanol–water partition coefficient (Wildman–Crippen LogP) is 2.04. The summed E-state index contributed by atoms with van der Waals surface area (Å²) in [5, 5.41) is 30.4. The van der Waals surface area contributed by atoms with E-state index in [2.05, 4.69) is 5.32 Å². The first-order valence-corrected chi connectivity index (χ1v) is 6.00. The van der Waals surface area contributed by atoms with Crippen LogP contribution in [-0.2, 0) is 6.54 Å². The molecular weight excluding hydrogens is 275 g/mol. The Labute approximate surface area is 119 Å². The third-order valence-electron chi connectivity index (χ3n) is 2.83. The van der Waals surface area contributed by atoms with Gasteiger partial charge in [0.1, 0.15) is 5.82 Å². The highest BCUT2D eigenvalue weighted by Gasteiger charge is 2.16. The Morgan fingerprint density at radius 1 is 1.24 bits per heavy atom. The minimum absolute atomic E-state index is 0.0530. The summed E-state index contributed by atoms with van der Waals surface area (Å²) in [6.45, 7) is 0.121. The number of carbonyl (C=O) groups excluding carboxylic acids is 1. The van der Waals surface area contributed by atoms with E-state index in [1.54, 1.807) is 6.07 Å². The number of hydrogen-bond acceptors (Lipinski definition) is 4. The molecule has 0 aliphatic rings. The highest BCUT2D eigenvalue weighted by atomic mass is 19.1. The molecule has 1 amide bonds. The minimum atomic E-state index is -0.649. The lowest BCUT2D eigenvalue weighted by molar-refractivity contribution is 0.0947. The van der Waals surface area contributed by atoms with Gasteiger partial charge < -0.3 is 15.5 Å². The first-order valence-electron chi connectivity index (χ1n) is 6.00. The summed E-state index contributed by atoms with van der Waals surface area (Å²) in [4.78, 5) is 12.0. The molecule has 0 aromatic heterocycles. The summed E-state index contributed by atoms with van der Waals surface area (Å²) in [5.41, 5.74) is 0.524. The molecule has 0 aliphatic heterocycles. The average molecular weight is 286 g/mol. The predicted molar refractivity (Wildman–Crippen MR) is 72.1 cm³/mol. The summed E-state index contributed by atoms with van der Waals surface area (Å²) in [6, 6.07) is 9.57. The molecule has 0 atom stereocenters. The van der Waals surface area contributed by atoms with Gasteiger partial charge in [-0.3, -0.25) is 4.79 Å². The lowest BCUT2D eigenvalue weighted by Gasteiger charge is -2.08. The van der Waals surface area contributed by atoms with Crippen LogP contribution in [0.5, 0.6) is 11.5 Å². The summed E-state index contributed by atoms with van der Waals surface area (Å²) in [5.74, 6) is -2.16. The fraction of sp³-hybridized carbons (Fsp3) is 0.0667. The standard InChI is InChI=1S/C15H11FN2O3/c16-11-3-1-9(2-4-11)8-18-15(21)12-5-10(7-17)6-13(19)14(12)20/h1-6,19-20H,8H2,(H,18,21). The number of phenols is 2. The number of nitrogens with one attached hydrogen (secondary N) is 1. The Morgan fingerprint density at radius 2 is 1.90 bits per heavy atom. The zero-order valence-corrected chi connectivity index (χ0v) is 10.8. The number of nitrogens with zero attached hydrogens (tertiary/aromatic N) is 1. The van der Waals surface area contributed by atoms with E-state index in [1.165, 1.54) is 30.3 Å². The van der Waals surface area contributed by atoms with E-state index in [1.807, 2.05) is 0 Å². The normalized spacial score (nSPS) is 9.90. The number of amides is 1. The number of halogens is 1. The molecule has 0 fully saturated rings. The smallest absolute Gasteiger partial charge is 0.255 e. The van der Waals surface area contributed by atoms with E-state index >= 15 is 0 Å². The molecule has 106 valence electrons. The second kappa shape index (κ2) is 5.92. The summed E-state index contributed by atoms with van der Waals surface area (Å²) in [7, 11) is 0. The molecule has 0 aliphatic carbocycles. The second-order valence-electron chi connectivity index (χ2n) is 4.31. The number of rotatable bonds is 3. The van der Waals surface area contributed by atoms with Crippen molar-refractivity contribution in [3.63, 3.8) is 0 Å². The molecule has 3 N–H and O–H groups in total. The van der Waals surface area contributed by atoms with E-state index in [4.69, 9.17) is 5.26 Å². The fourth-order valence-electron chi connectivity index (χ4n) is 1.74. The molecule has 0 radical (unpaired) electrons. The molecule has 0 spiro atoms. The maximum absolute atomic E-state index is 12.8. The molecule has 2 aromatic carbocycles. The van der Waals surface area contributed by atoms with Gasteiger partial charge in [-0.2, -0.15) is 5.26 Å². The van der Waals surface area contributed by atoms with E-state index in [-0.39, 0.29) is 23.5 Å². The third kappa shape index (κ3) is 3.28. The highest BCUT2D eigenvalue weighted by Crippen LogP contribution is 2.30. The van der Waals surface area contributed by atoms with E-state index in [0.29, 0.717) is 5.56 Å². The summed E-state index contributed by atoms with van der Waals surface area (Å²) >= 11 is 0. The van der Waals surface area contributed by atoms with E-state index < -0.39 is 17.4 Å². The Kier molecular flexibility index (Phi) is 4.05. The SMILES string of the molecule is N#Cc1cc(O)c(O)c(C(=O)NCc2ccc(F)cc2)c1. The monoisotopic (exact) mass is 286 g/mol. The lowest BCUT2D eigenvalue weighted by atomic mass is 10.1. The number of hydrogen-bond donors (Lipinski definition) is 3. The number of aromatic hydroxyl groups is 2. The fourth-order valence-corrected chi connectivity index (χ4v) is 1.74. The molecule has 0 heterocycles. The number of nitriles is 1. The molecule has 0 bridgehead atoms. The van der Waals surface area contributed by atoms with E-state index in [0.717, 1.165) is 6.07 Å². The van der Waals surface area contributed by atoms with Crippen LogP contribution in [-0.4, -0.2) is 16.1 Å². The van der Waals surface area contributed by atoms with Crippen LogP contribution in [0, 0.1) is 17.1 Å². The molecule has 2 aromatic rings. The molecule has 0 unspecified atom stereocenters. The number of carbonyl (C=O) groups is 1. The molecule has 0 saturated heterocycles. The van der Waals surface area contributed by atoms with E-state index in [9.17, 15) is 19.4 Å². The molecule has 0 saturated carbocycles. The Hall–Kier alpha value is -3.07. The van der Waals surface area contributed by atoms with Gasteiger partial charge in [-0.15, -0.1) is 0 Å². The topological polar surface area (TPSA) is 93.3 Å². The van der Waals surface area contributed by atoms with Crippen LogP contribution in [0.15, 0.2) is 36.4 Å². The highest BCUT2D eigenvalue weighted by molar-refractivity contribution is 5.98. The van der Waals surface area contributed by atoms with Gasteiger partial charge in [0.2, 0.25) is 0 Å². The first-order chi connectivity index (χ1) is 10.0. The maximum Gasteiger partial charge on any atom is 0.255 e. The van der Waals surface area contributed by atoms with Gasteiger partial charge in [0.25, 0.3) is 5.91 Å². The van der Waals surface area contributed by atoms with Crippen LogP contribution in [0.3, 0.4) is 0 Å². The number of benzene rings is 2. The Balaban J connectivity index is 2.15. The second-order valence-corrected chi connectivity index (χ2v) is 4.31. The van der Waals surface area contributed by atoms with Gasteiger partial charge in [0.15, 0.2) is 11.5 Å². The molecule has 21 heavy (non-hydrogen) atoms. The van der Waals surface area contributed by atoms with Gasteiger partial charge >= 0.3 is 0 Å². The largest absolute Gasteiger partial charge is 0.504 e. The third-order valence-corrected chi connectivity index (χ3v) is 2.83. The van der Waals surface area contributed by atoms with Crippen molar-refractivity contribution in [2.24, 2.45) is 0 Å². The molecular formula is C15H11FN2O3. The zero-order valence-electron chi connectivity index (χ0n) is 10.8. The average Bonchev–Trinajstić information content (AvgIpc) is 2.49. The zero-order chi connectivity index (χ0) is 15.4. The minimum Gasteiger partial charge on any atom is -0.504 e. The quantitative estimate of drug-likeness (QED) is 0.753. The Morgan fingerprint density at radius 3 is 2.52 bits per heavy atom. The molecule has 5 nitrogen and oxygen atoms in total. The van der Waals surface area contributed by atoms with Crippen molar-refractivity contribution in [2.45, 2.75) is 6.54 Å². The van der Waals surface area contributed by atoms with Crippen molar-refractivity contribution in [1.82, 2.24) is 5.32 Å². The van der Waals surface area contributed by atoms with Crippen LogP contribution >= 0.6 is 0 Å². The van der Waals surface area contributed by atoms with Crippen LogP contribution in [0.2, 0.25) is 0 Å². The van der Waals surface area contributed by atoms with Gasteiger partial charge in [-0.25, -0.2) is 4.39 Å². The molecule has 6 heteroatoms. The lowest BCUT2D eigenvalue weighted by Crippen LogP contribution is -2.23. The van der Waals surface area contributed by atoms with Gasteiger partial charge in [-0.05, 0) is 23.8 Å². The van der Waals surface area contributed by atoms with Crippen molar-refractivity contribution in [1.29, 1.82) is 5.26 Å². The van der Waals surface area contributed by atoms with Crippen molar-refractivity contribution in [2.75, 3.05) is 0 Å². The van der Waals surface area contributed by atoms with Gasteiger partial charge in [-0.1, -0.05) is 12.1 Å². The van der Waals surface area contributed by atoms with Crippen LogP contribution in [0.1, 0.15) is 21.5 Å². The van der Waals surface area contributed by atoms with Crippen LogP contribution in [0.4, 0.5) is 4.39 Å². The molecule has 2 rings (SSSR count). The van der Waals surface area contributed by atoms with Crippen molar-refractivity contribution in [3.05, 3.63) is 58.9 Å². The van der Waals surface area contributed by atoms with Crippen molar-refractivity contribution in [3.8, 4) is 17.6 Å². The van der Waals surface area contributed by atoms with Gasteiger partial charge in [0.05, 0.1) is 17.2 Å².